The number of anilines is 1. The Hall–Kier alpha value is -2.20. The number of amides is 1. The highest BCUT2D eigenvalue weighted by atomic mass is 79.9. The number of alkyl halides is 1. The third-order valence-electron chi connectivity index (χ3n) is 4.33. The van der Waals surface area contributed by atoms with E-state index in [0.717, 1.165) is 4.88 Å². The number of hydrogen-bond acceptors (Lipinski definition) is 7. The van der Waals surface area contributed by atoms with Gasteiger partial charge in [-0.1, -0.05) is 6.07 Å². The van der Waals surface area contributed by atoms with Crippen molar-refractivity contribution in [1.82, 2.24) is 15.3 Å². The summed E-state index contributed by atoms with van der Waals surface area (Å²) >= 11 is 5.17. The largest absolute Gasteiger partial charge is 0.454 e. The predicted molar refractivity (Wildman–Crippen MR) is 123 cm³/mol. The Bertz CT molecular complexity index is 1050. The summed E-state index contributed by atoms with van der Waals surface area (Å²) in [6.07, 6.45) is -1.88. The topological polar surface area (TPSA) is 89.3 Å². The fourth-order valence-corrected chi connectivity index (χ4v) is 4.09. The van der Waals surface area contributed by atoms with Gasteiger partial charge in [-0.3, -0.25) is 0 Å². The number of rotatable bonds is 7. The number of aryl methyl sites for hydroxylation is 1. The lowest BCUT2D eigenvalue weighted by atomic mass is 10.1. The second-order valence-electron chi connectivity index (χ2n) is 8.20. The van der Waals surface area contributed by atoms with Gasteiger partial charge in [0.15, 0.2) is 11.4 Å². The number of ether oxygens (including phenoxy) is 1. The molecule has 0 saturated heterocycles. The summed E-state index contributed by atoms with van der Waals surface area (Å²) in [6, 6.07) is 3.19. The minimum Gasteiger partial charge on any atom is -0.454 e. The Morgan fingerprint density at radius 3 is 2.74 bits per heavy atom. The number of nitrogens with zero attached hydrogens (tertiary/aromatic N) is 2. The monoisotopic (exact) mass is 512 g/mol. The molecule has 3 aromatic heterocycles. The van der Waals surface area contributed by atoms with E-state index in [4.69, 9.17) is 9.15 Å². The van der Waals surface area contributed by atoms with Crippen LogP contribution in [-0.2, 0) is 17.7 Å². The molecule has 2 N–H and O–H groups in total. The maximum absolute atomic E-state index is 14.3. The van der Waals surface area contributed by atoms with Gasteiger partial charge in [-0.15, -0.1) is 11.3 Å². The highest BCUT2D eigenvalue weighted by Crippen LogP contribution is 2.34. The molecule has 3 aromatic rings. The third kappa shape index (κ3) is 6.16. The molecule has 0 spiro atoms. The molecule has 0 radical (unpaired) electrons. The molecule has 0 bridgehead atoms. The molecule has 0 saturated carbocycles. The van der Waals surface area contributed by atoms with Crippen LogP contribution in [0.15, 0.2) is 26.4 Å². The lowest BCUT2D eigenvalue weighted by Gasteiger charge is -2.24. The van der Waals surface area contributed by atoms with Crippen LogP contribution in [0, 0.1) is 6.92 Å². The number of thiophene rings is 1. The van der Waals surface area contributed by atoms with E-state index in [1.165, 1.54) is 6.92 Å². The van der Waals surface area contributed by atoms with Gasteiger partial charge in [0, 0.05) is 11.3 Å². The molecule has 2 atom stereocenters. The van der Waals surface area contributed by atoms with E-state index >= 15 is 0 Å². The van der Waals surface area contributed by atoms with E-state index in [0.29, 0.717) is 39.5 Å². The van der Waals surface area contributed by atoms with Gasteiger partial charge < -0.3 is 19.8 Å². The Kier molecular flexibility index (Phi) is 7.20. The molecule has 0 aliphatic heterocycles. The molecule has 0 fully saturated rings. The minimum atomic E-state index is -1.32. The number of carbonyl (C=O) groups excluding carboxylic acids is 1. The fourth-order valence-electron chi connectivity index (χ4n) is 2.93. The van der Waals surface area contributed by atoms with E-state index in [9.17, 15) is 9.18 Å². The Balaban J connectivity index is 1.84. The Morgan fingerprint density at radius 1 is 1.39 bits per heavy atom. The van der Waals surface area contributed by atoms with Crippen LogP contribution < -0.4 is 10.6 Å². The lowest BCUT2D eigenvalue weighted by Crippen LogP contribution is -2.44. The number of alkyl carbamates (subject to hydrolysis) is 1. The van der Waals surface area contributed by atoms with Crippen molar-refractivity contribution < 1.29 is 18.3 Å². The van der Waals surface area contributed by atoms with Gasteiger partial charge in [-0.05, 0) is 62.0 Å². The first kappa shape index (κ1) is 23.5. The average molecular weight is 513 g/mol. The van der Waals surface area contributed by atoms with Crippen molar-refractivity contribution in [1.29, 1.82) is 0 Å². The van der Waals surface area contributed by atoms with Crippen molar-refractivity contribution in [2.24, 2.45) is 0 Å². The molecule has 0 aromatic carbocycles. The van der Waals surface area contributed by atoms with Crippen molar-refractivity contribution in [3.63, 3.8) is 0 Å². The summed E-state index contributed by atoms with van der Waals surface area (Å²) in [5.74, 6) is 1.61. The van der Waals surface area contributed by atoms with Gasteiger partial charge in [0.1, 0.15) is 28.9 Å². The van der Waals surface area contributed by atoms with E-state index < -0.39 is 23.9 Å². The number of halogens is 2. The van der Waals surface area contributed by atoms with Crippen LogP contribution in [0.1, 0.15) is 44.2 Å². The SMILES string of the molecule is Cc1nc(NCc2cccs2)c2oc(C[C@@H](NC(=O)OC(C)(C)C)[C@H](C)F)c(Br)c2n1. The first-order chi connectivity index (χ1) is 14.5. The standard InChI is InChI=1S/C21H26BrFN4O3S/c1-11(23)14(27-20(28)30-21(3,4)5)9-15-16(22)17-18(29-15)19(26-12(2)25-17)24-10-13-7-6-8-31-13/h6-8,11,14H,9-10H2,1-5H3,(H,27,28)(H,24,25,26)/t11-,14+/m0/s1. The van der Waals surface area contributed by atoms with Crippen molar-refractivity contribution in [2.75, 3.05) is 5.32 Å². The van der Waals surface area contributed by atoms with Crippen LogP contribution in [0.3, 0.4) is 0 Å². The number of nitrogens with one attached hydrogen (secondary N) is 2. The molecule has 3 rings (SSSR count). The summed E-state index contributed by atoms with van der Waals surface area (Å²) in [5, 5.41) is 7.89. The lowest BCUT2D eigenvalue weighted by molar-refractivity contribution is 0.0476. The molecule has 1 amide bonds. The fraction of sp³-hybridized carbons (Fsp3) is 0.476. The molecule has 31 heavy (non-hydrogen) atoms. The summed E-state index contributed by atoms with van der Waals surface area (Å²) in [5.41, 5.74) is 0.398. The minimum absolute atomic E-state index is 0.122. The molecule has 10 heteroatoms. The summed E-state index contributed by atoms with van der Waals surface area (Å²) in [4.78, 5) is 22.2. The summed E-state index contributed by atoms with van der Waals surface area (Å²) in [7, 11) is 0. The molecule has 0 aliphatic carbocycles. The highest BCUT2D eigenvalue weighted by Gasteiger charge is 2.27. The van der Waals surface area contributed by atoms with Crippen LogP contribution >= 0.6 is 27.3 Å². The van der Waals surface area contributed by atoms with Crippen LogP contribution in [0.2, 0.25) is 0 Å². The quantitative estimate of drug-likeness (QED) is 0.418. The van der Waals surface area contributed by atoms with Crippen molar-refractivity contribution >= 4 is 50.3 Å². The van der Waals surface area contributed by atoms with Gasteiger partial charge in [0.25, 0.3) is 0 Å². The van der Waals surface area contributed by atoms with Crippen LogP contribution in [0.4, 0.5) is 15.0 Å². The molecule has 0 aliphatic rings. The Morgan fingerprint density at radius 2 is 2.13 bits per heavy atom. The summed E-state index contributed by atoms with van der Waals surface area (Å²) < 4.78 is 26.2. The maximum Gasteiger partial charge on any atom is 0.407 e. The summed E-state index contributed by atoms with van der Waals surface area (Å²) in [6.45, 7) is 9.04. The van der Waals surface area contributed by atoms with E-state index in [1.807, 2.05) is 17.5 Å². The highest BCUT2D eigenvalue weighted by molar-refractivity contribution is 9.10. The zero-order valence-electron chi connectivity index (χ0n) is 18.1. The van der Waals surface area contributed by atoms with Gasteiger partial charge in [-0.25, -0.2) is 19.2 Å². The van der Waals surface area contributed by atoms with Gasteiger partial charge >= 0.3 is 6.09 Å². The molecular weight excluding hydrogens is 487 g/mol. The molecule has 7 nitrogen and oxygen atoms in total. The van der Waals surface area contributed by atoms with Crippen molar-refractivity contribution in [2.45, 2.75) is 65.4 Å². The van der Waals surface area contributed by atoms with Gasteiger partial charge in [0.05, 0.1) is 17.1 Å². The first-order valence-electron chi connectivity index (χ1n) is 9.89. The van der Waals surface area contributed by atoms with Crippen molar-refractivity contribution in [3.8, 4) is 0 Å². The van der Waals surface area contributed by atoms with E-state index in [-0.39, 0.29) is 6.42 Å². The third-order valence-corrected chi connectivity index (χ3v) is 6.02. The number of fused-ring (bicyclic) bond motifs is 1. The smallest absolute Gasteiger partial charge is 0.407 e. The van der Waals surface area contributed by atoms with Crippen LogP contribution in [-0.4, -0.2) is 33.9 Å². The predicted octanol–water partition coefficient (Wildman–Crippen LogP) is 5.76. The molecular formula is C21H26BrFN4O3S. The maximum atomic E-state index is 14.3. The number of hydrogen-bond donors (Lipinski definition) is 2. The molecule has 3 heterocycles. The Labute approximate surface area is 192 Å². The van der Waals surface area contributed by atoms with E-state index in [2.05, 4.69) is 36.5 Å². The number of aromatic nitrogens is 2. The van der Waals surface area contributed by atoms with Crippen LogP contribution in [0.25, 0.3) is 11.1 Å². The average Bonchev–Trinajstić information content (AvgIpc) is 3.27. The van der Waals surface area contributed by atoms with Crippen molar-refractivity contribution in [3.05, 3.63) is 38.4 Å². The first-order valence-corrected chi connectivity index (χ1v) is 11.6. The zero-order chi connectivity index (χ0) is 22.8. The second kappa shape index (κ2) is 9.52. The normalized spacial score (nSPS) is 13.8. The van der Waals surface area contributed by atoms with E-state index in [1.54, 1.807) is 39.0 Å². The molecule has 0 unspecified atom stereocenters. The zero-order valence-corrected chi connectivity index (χ0v) is 20.5. The van der Waals surface area contributed by atoms with Crippen LogP contribution in [0.5, 0.6) is 0 Å². The number of furan rings is 1. The van der Waals surface area contributed by atoms with Gasteiger partial charge in [-0.2, -0.15) is 0 Å². The second-order valence-corrected chi connectivity index (χ2v) is 10.0. The van der Waals surface area contributed by atoms with Gasteiger partial charge in [0.2, 0.25) is 0 Å². The molecule has 168 valence electrons. The number of carbonyl (C=O) groups is 1.